The van der Waals surface area contributed by atoms with Gasteiger partial charge in [0.15, 0.2) is 0 Å². The Bertz CT molecular complexity index is 277. The third kappa shape index (κ3) is 1.81. The highest BCUT2D eigenvalue weighted by Crippen LogP contribution is 2.25. The number of hydrogen-bond acceptors (Lipinski definition) is 3. The van der Waals surface area contributed by atoms with Crippen LogP contribution in [0.2, 0.25) is 5.02 Å². The zero-order valence-electron chi connectivity index (χ0n) is 5.41. The van der Waals surface area contributed by atoms with Gasteiger partial charge in [0.1, 0.15) is 5.75 Å². The lowest BCUT2D eigenvalue weighted by Gasteiger charge is -1.99. The largest absolute Gasteiger partial charge is 0.508 e. The molecule has 2 N–H and O–H groups in total. The van der Waals surface area contributed by atoms with Crippen LogP contribution in [0.4, 0.5) is 5.69 Å². The van der Waals surface area contributed by atoms with Crippen molar-refractivity contribution in [1.29, 1.82) is 0 Å². The lowest BCUT2D eigenvalue weighted by atomic mass is 10.3. The molecule has 0 saturated heterocycles. The fourth-order valence-electron chi connectivity index (χ4n) is 0.644. The molecule has 0 spiro atoms. The second kappa shape index (κ2) is 3.21. The maximum absolute atomic E-state index is 9.73. The molecule has 0 unspecified atom stereocenters. The van der Waals surface area contributed by atoms with Crippen molar-refractivity contribution < 1.29 is 5.11 Å². The zero-order valence-corrected chi connectivity index (χ0v) is 6.17. The topological polar surface area (TPSA) is 61.7 Å². The number of phenols is 1. The average molecular weight is 173 g/mol. The number of nitrogens with zero attached hydrogens (tertiary/aromatic N) is 1. The van der Waals surface area contributed by atoms with E-state index in [4.69, 9.17) is 16.7 Å². The van der Waals surface area contributed by atoms with Gasteiger partial charge in [-0.3, -0.25) is 0 Å². The molecule has 0 aliphatic carbocycles. The normalized spacial score (nSPS) is 9.18. The number of rotatable bonds is 2. The number of nitroso groups, excluding NO2 is 1. The number of anilines is 1. The van der Waals surface area contributed by atoms with Gasteiger partial charge in [0, 0.05) is 6.07 Å². The molecule has 1 aromatic rings. The van der Waals surface area contributed by atoms with Gasteiger partial charge in [0.25, 0.3) is 0 Å². The van der Waals surface area contributed by atoms with Gasteiger partial charge in [-0.2, -0.15) is 0 Å². The molecular weight excluding hydrogens is 168 g/mol. The van der Waals surface area contributed by atoms with Crippen molar-refractivity contribution in [3.8, 4) is 5.75 Å². The van der Waals surface area contributed by atoms with E-state index in [1.165, 1.54) is 18.2 Å². The van der Waals surface area contributed by atoms with Crippen LogP contribution in [0, 0.1) is 4.91 Å². The van der Waals surface area contributed by atoms with Gasteiger partial charge in [0.05, 0.1) is 16.0 Å². The first kappa shape index (κ1) is 7.81. The molecule has 0 amide bonds. The smallest absolute Gasteiger partial charge is 0.117 e. The molecule has 0 fully saturated rings. The number of halogens is 1. The van der Waals surface area contributed by atoms with Crippen LogP contribution in [-0.4, -0.2) is 5.11 Å². The predicted molar refractivity (Wildman–Crippen MR) is 42.5 cm³/mol. The van der Waals surface area contributed by atoms with Crippen LogP contribution in [0.3, 0.4) is 0 Å². The molecule has 4 nitrogen and oxygen atoms in total. The zero-order chi connectivity index (χ0) is 8.27. The average Bonchev–Trinajstić information content (AvgIpc) is 1.95. The summed E-state index contributed by atoms with van der Waals surface area (Å²) in [5.41, 5.74) is 2.50. The first-order valence-corrected chi connectivity index (χ1v) is 3.18. The highest BCUT2D eigenvalue weighted by molar-refractivity contribution is 6.33. The van der Waals surface area contributed by atoms with Gasteiger partial charge in [-0.25, -0.2) is 5.43 Å². The highest BCUT2D eigenvalue weighted by atomic mass is 35.5. The molecule has 0 bridgehead atoms. The summed E-state index contributed by atoms with van der Waals surface area (Å²) in [4.78, 5) is 9.73. The summed E-state index contributed by atoms with van der Waals surface area (Å²) >= 11 is 5.59. The summed E-state index contributed by atoms with van der Waals surface area (Å²) in [6, 6.07) is 4.17. The second-order valence-corrected chi connectivity index (χ2v) is 2.27. The molecule has 58 valence electrons. The van der Waals surface area contributed by atoms with Gasteiger partial charge >= 0.3 is 0 Å². The van der Waals surface area contributed by atoms with Crippen LogP contribution >= 0.6 is 11.6 Å². The molecule has 0 aromatic heterocycles. The summed E-state index contributed by atoms with van der Waals surface area (Å²) in [5, 5.41) is 11.6. The minimum absolute atomic E-state index is 0.0476. The van der Waals surface area contributed by atoms with Crippen LogP contribution in [-0.2, 0) is 0 Å². The maximum atomic E-state index is 9.73. The van der Waals surface area contributed by atoms with Crippen molar-refractivity contribution in [2.24, 2.45) is 5.29 Å². The number of nitrogens with one attached hydrogen (secondary N) is 1. The van der Waals surface area contributed by atoms with Crippen molar-refractivity contribution in [2.45, 2.75) is 0 Å². The molecular formula is C6H5ClN2O2. The van der Waals surface area contributed by atoms with Crippen LogP contribution < -0.4 is 5.43 Å². The molecule has 11 heavy (non-hydrogen) atoms. The van der Waals surface area contributed by atoms with Gasteiger partial charge < -0.3 is 5.11 Å². The van der Waals surface area contributed by atoms with E-state index in [1.54, 1.807) is 0 Å². The predicted octanol–water partition coefficient (Wildman–Crippen LogP) is 2.14. The van der Waals surface area contributed by atoms with Gasteiger partial charge in [-0.1, -0.05) is 11.6 Å². The number of phenolic OH excluding ortho intramolecular Hbond substituents is 1. The molecule has 0 heterocycles. The van der Waals surface area contributed by atoms with E-state index >= 15 is 0 Å². The molecule has 1 aromatic carbocycles. The Balaban J connectivity index is 2.98. The van der Waals surface area contributed by atoms with E-state index in [2.05, 4.69) is 10.7 Å². The third-order valence-corrected chi connectivity index (χ3v) is 1.43. The monoisotopic (exact) mass is 172 g/mol. The van der Waals surface area contributed by atoms with Crippen LogP contribution in [0.25, 0.3) is 0 Å². The quantitative estimate of drug-likeness (QED) is 0.408. The fourth-order valence-corrected chi connectivity index (χ4v) is 0.861. The first-order valence-electron chi connectivity index (χ1n) is 2.81. The molecule has 1 rings (SSSR count). The SMILES string of the molecule is O=NNc1ccc(O)cc1Cl. The summed E-state index contributed by atoms with van der Waals surface area (Å²) in [6.45, 7) is 0. The van der Waals surface area contributed by atoms with E-state index in [1.807, 2.05) is 0 Å². The van der Waals surface area contributed by atoms with Crippen LogP contribution in [0.15, 0.2) is 23.5 Å². The molecule has 0 aliphatic rings. The van der Waals surface area contributed by atoms with Crippen molar-refractivity contribution >= 4 is 17.3 Å². The van der Waals surface area contributed by atoms with Crippen molar-refractivity contribution in [3.63, 3.8) is 0 Å². The lowest BCUT2D eigenvalue weighted by molar-refractivity contribution is 0.475. The minimum Gasteiger partial charge on any atom is -0.508 e. The van der Waals surface area contributed by atoms with Crippen LogP contribution in [0.5, 0.6) is 5.75 Å². The van der Waals surface area contributed by atoms with Gasteiger partial charge in [-0.15, -0.1) is 4.91 Å². The molecule has 5 heteroatoms. The second-order valence-electron chi connectivity index (χ2n) is 1.87. The van der Waals surface area contributed by atoms with Crippen molar-refractivity contribution in [3.05, 3.63) is 28.1 Å². The number of benzene rings is 1. The Morgan fingerprint density at radius 2 is 2.27 bits per heavy atom. The van der Waals surface area contributed by atoms with Gasteiger partial charge in [-0.05, 0) is 12.1 Å². The number of aromatic hydroxyl groups is 1. The third-order valence-electron chi connectivity index (χ3n) is 1.12. The van der Waals surface area contributed by atoms with E-state index < -0.39 is 0 Å². The van der Waals surface area contributed by atoms with Crippen molar-refractivity contribution in [2.75, 3.05) is 5.43 Å². The highest BCUT2D eigenvalue weighted by Gasteiger charge is 1.99. The Morgan fingerprint density at radius 3 is 2.82 bits per heavy atom. The molecule has 0 radical (unpaired) electrons. The van der Waals surface area contributed by atoms with Crippen molar-refractivity contribution in [1.82, 2.24) is 0 Å². The van der Waals surface area contributed by atoms with E-state index in [0.717, 1.165) is 0 Å². The fraction of sp³-hybridized carbons (Fsp3) is 0. The van der Waals surface area contributed by atoms with E-state index in [9.17, 15) is 4.91 Å². The summed E-state index contributed by atoms with van der Waals surface area (Å²) in [5.74, 6) is 0.0476. The standard InChI is InChI=1S/C6H5ClN2O2/c7-5-3-4(10)1-2-6(5)8-9-11/h1-3,10H,(H,8,11). The summed E-state index contributed by atoms with van der Waals surface area (Å²) < 4.78 is 0. The van der Waals surface area contributed by atoms with Gasteiger partial charge in [0.2, 0.25) is 0 Å². The Hall–Kier alpha value is -1.29. The number of hydrogen-bond donors (Lipinski definition) is 2. The molecule has 0 aliphatic heterocycles. The molecule has 0 atom stereocenters. The Labute approximate surface area is 67.7 Å². The van der Waals surface area contributed by atoms with Crippen LogP contribution in [0.1, 0.15) is 0 Å². The Kier molecular flexibility index (Phi) is 2.28. The Morgan fingerprint density at radius 1 is 1.55 bits per heavy atom. The summed E-state index contributed by atoms with van der Waals surface area (Å²) in [6.07, 6.45) is 0. The lowest BCUT2D eigenvalue weighted by Crippen LogP contribution is -1.85. The molecule has 0 saturated carbocycles. The van der Waals surface area contributed by atoms with E-state index in [-0.39, 0.29) is 10.8 Å². The minimum atomic E-state index is 0.0476. The summed E-state index contributed by atoms with van der Waals surface area (Å²) in [7, 11) is 0. The first-order chi connectivity index (χ1) is 5.24. The van der Waals surface area contributed by atoms with E-state index in [0.29, 0.717) is 5.69 Å². The maximum Gasteiger partial charge on any atom is 0.117 e.